The summed E-state index contributed by atoms with van der Waals surface area (Å²) < 4.78 is 31.6. The topological polar surface area (TPSA) is 26.3 Å². The second kappa shape index (κ2) is 11.9. The summed E-state index contributed by atoms with van der Waals surface area (Å²) in [5.41, 5.74) is 1.60. The molecule has 0 amide bonds. The fourth-order valence-corrected chi connectivity index (χ4v) is 4.92. The number of allylic oxidation sites excluding steroid dienone is 1. The Bertz CT molecular complexity index is 883. The van der Waals surface area contributed by atoms with Crippen molar-refractivity contribution in [2.24, 2.45) is 11.8 Å². The van der Waals surface area contributed by atoms with E-state index >= 15 is 0 Å². The van der Waals surface area contributed by atoms with E-state index in [2.05, 4.69) is 13.5 Å². The molecule has 2 nitrogen and oxygen atoms in total. The molecule has 0 aliphatic heterocycles. The summed E-state index contributed by atoms with van der Waals surface area (Å²) in [6.07, 6.45) is 13.3. The molecule has 0 heterocycles. The summed E-state index contributed by atoms with van der Waals surface area (Å²) in [6.45, 7) is 6.21. The second-order valence-corrected chi connectivity index (χ2v) is 8.99. The largest absolute Gasteiger partial charge is 0.423 e. The number of rotatable bonds is 10. The number of halogens is 2. The van der Waals surface area contributed by atoms with E-state index in [1.807, 2.05) is 18.2 Å². The molecule has 3 rings (SSSR count). The van der Waals surface area contributed by atoms with Gasteiger partial charge in [0.25, 0.3) is 0 Å². The molecule has 0 aromatic heterocycles. The molecule has 0 spiro atoms. The van der Waals surface area contributed by atoms with Crippen LogP contribution < -0.4 is 4.74 Å². The molecule has 1 atom stereocenters. The van der Waals surface area contributed by atoms with Gasteiger partial charge in [0.1, 0.15) is 5.75 Å². The Morgan fingerprint density at radius 1 is 1.06 bits per heavy atom. The van der Waals surface area contributed by atoms with E-state index in [0.717, 1.165) is 24.5 Å². The van der Waals surface area contributed by atoms with Crippen LogP contribution in [0.5, 0.6) is 5.75 Å². The number of carbonyl (C=O) groups excluding carboxylic acids is 1. The minimum Gasteiger partial charge on any atom is -0.423 e. The lowest BCUT2D eigenvalue weighted by Gasteiger charge is -2.34. The third kappa shape index (κ3) is 6.51. The van der Waals surface area contributed by atoms with Crippen LogP contribution in [0.4, 0.5) is 8.78 Å². The summed E-state index contributed by atoms with van der Waals surface area (Å²) in [6, 6.07) is 10.5. The zero-order valence-electron chi connectivity index (χ0n) is 19.0. The fraction of sp³-hybridized carbons (Fsp3) is 0.464. The van der Waals surface area contributed by atoms with Crippen LogP contribution in [-0.2, 0) is 0 Å². The normalized spacial score (nSPS) is 19.3. The van der Waals surface area contributed by atoms with Crippen molar-refractivity contribution in [3.8, 4) is 5.75 Å². The van der Waals surface area contributed by atoms with Gasteiger partial charge < -0.3 is 4.74 Å². The van der Waals surface area contributed by atoms with Gasteiger partial charge in [0.05, 0.1) is 5.56 Å². The molecule has 1 saturated carbocycles. The Hall–Kier alpha value is -2.49. The van der Waals surface area contributed by atoms with Crippen LogP contribution in [0.15, 0.2) is 55.1 Å². The molecule has 1 unspecified atom stereocenters. The van der Waals surface area contributed by atoms with Gasteiger partial charge in [-0.15, -0.1) is 6.58 Å². The monoisotopic (exact) mass is 440 g/mol. The van der Waals surface area contributed by atoms with Crippen LogP contribution in [-0.4, -0.2) is 5.97 Å². The third-order valence-corrected chi connectivity index (χ3v) is 6.77. The van der Waals surface area contributed by atoms with Crippen LogP contribution >= 0.6 is 0 Å². The Balaban J connectivity index is 1.61. The van der Waals surface area contributed by atoms with E-state index in [4.69, 9.17) is 4.74 Å². The molecule has 1 aliphatic carbocycles. The average molecular weight is 441 g/mol. The van der Waals surface area contributed by atoms with Crippen LogP contribution in [0, 0.1) is 23.5 Å². The molecule has 2 aromatic rings. The lowest BCUT2D eigenvalue weighted by molar-refractivity contribution is 0.0734. The first kappa shape index (κ1) is 24.2. The molecule has 32 heavy (non-hydrogen) atoms. The number of esters is 1. The molecule has 0 bridgehead atoms. The summed E-state index contributed by atoms with van der Waals surface area (Å²) in [5.74, 6) is -0.713. The van der Waals surface area contributed by atoms with Crippen molar-refractivity contribution in [2.45, 2.75) is 70.6 Å². The highest BCUT2D eigenvalue weighted by Crippen LogP contribution is 2.41. The smallest absolute Gasteiger partial charge is 0.343 e. The zero-order valence-corrected chi connectivity index (χ0v) is 19.0. The van der Waals surface area contributed by atoms with Gasteiger partial charge in [-0.25, -0.2) is 13.6 Å². The minimum absolute atomic E-state index is 0.0155. The molecule has 2 aromatic carbocycles. The molecule has 1 aliphatic rings. The molecule has 4 heteroatoms. The molecular weight excluding hydrogens is 406 g/mol. The van der Waals surface area contributed by atoms with Crippen molar-refractivity contribution in [2.75, 3.05) is 0 Å². The van der Waals surface area contributed by atoms with Crippen molar-refractivity contribution in [3.63, 3.8) is 0 Å². The number of unbranched alkanes of at least 4 members (excludes halogenated alkanes) is 2. The van der Waals surface area contributed by atoms with Crippen molar-refractivity contribution >= 4 is 5.97 Å². The fourth-order valence-electron chi connectivity index (χ4n) is 4.92. The van der Waals surface area contributed by atoms with Gasteiger partial charge in [0.2, 0.25) is 0 Å². The Labute approximate surface area is 190 Å². The maximum atomic E-state index is 13.4. The van der Waals surface area contributed by atoms with Crippen LogP contribution in [0.2, 0.25) is 0 Å². The molecule has 172 valence electrons. The number of ether oxygens (including phenoxy) is 1. The Morgan fingerprint density at radius 3 is 2.41 bits per heavy atom. The third-order valence-electron chi connectivity index (χ3n) is 6.77. The predicted molar refractivity (Wildman–Crippen MR) is 125 cm³/mol. The molecule has 0 N–H and O–H groups in total. The molecular formula is C28H34F2O2. The van der Waals surface area contributed by atoms with Crippen molar-refractivity contribution < 1.29 is 18.3 Å². The Morgan fingerprint density at radius 2 is 1.78 bits per heavy atom. The first-order valence-electron chi connectivity index (χ1n) is 11.9. The van der Waals surface area contributed by atoms with E-state index in [-0.39, 0.29) is 5.75 Å². The number of hydrogen-bond donors (Lipinski definition) is 0. The van der Waals surface area contributed by atoms with E-state index in [9.17, 15) is 13.6 Å². The van der Waals surface area contributed by atoms with Crippen molar-refractivity contribution in [1.82, 2.24) is 0 Å². The summed E-state index contributed by atoms with van der Waals surface area (Å²) in [7, 11) is 0. The van der Waals surface area contributed by atoms with Crippen molar-refractivity contribution in [3.05, 3.63) is 77.9 Å². The van der Waals surface area contributed by atoms with Gasteiger partial charge in [-0.1, -0.05) is 63.7 Å². The highest BCUT2D eigenvalue weighted by atomic mass is 19.2. The Kier molecular flexibility index (Phi) is 9.01. The number of carbonyl (C=O) groups is 1. The van der Waals surface area contributed by atoms with Gasteiger partial charge in [-0.2, -0.15) is 0 Å². The van der Waals surface area contributed by atoms with Gasteiger partial charge in [-0.3, -0.25) is 0 Å². The standard InChI is InChI=1S/C28H34F2O2/c1-3-5-6-8-20-9-11-21(12-10-20)25(7-4-2)22-13-15-23(16-14-22)28(31)32-24-17-18-26(29)27(30)19-24/h4,13-21,25H,2-3,5-12H2,1H3/t20-,21-,25?. The molecule has 0 saturated heterocycles. The highest BCUT2D eigenvalue weighted by Gasteiger charge is 2.28. The van der Waals surface area contributed by atoms with E-state index in [0.29, 0.717) is 17.4 Å². The predicted octanol–water partition coefficient (Wildman–Crippen LogP) is 8.23. The lowest BCUT2D eigenvalue weighted by Crippen LogP contribution is -2.21. The summed E-state index contributed by atoms with van der Waals surface area (Å²) in [5, 5.41) is 0. The second-order valence-electron chi connectivity index (χ2n) is 8.99. The minimum atomic E-state index is -1.04. The quantitative estimate of drug-likeness (QED) is 0.161. The molecule has 1 fully saturated rings. The lowest BCUT2D eigenvalue weighted by atomic mass is 9.71. The SMILES string of the molecule is C=CCC(c1ccc(C(=O)Oc2ccc(F)c(F)c2)cc1)[C@H]1CC[C@H](CCCCC)CC1. The number of benzene rings is 2. The average Bonchev–Trinajstić information content (AvgIpc) is 2.81. The van der Waals surface area contributed by atoms with Crippen LogP contribution in [0.3, 0.4) is 0 Å². The van der Waals surface area contributed by atoms with Crippen LogP contribution in [0.1, 0.15) is 86.6 Å². The van der Waals surface area contributed by atoms with Crippen LogP contribution in [0.25, 0.3) is 0 Å². The van der Waals surface area contributed by atoms with Gasteiger partial charge in [0, 0.05) is 6.07 Å². The van der Waals surface area contributed by atoms with Gasteiger partial charge >= 0.3 is 5.97 Å². The summed E-state index contributed by atoms with van der Waals surface area (Å²) in [4.78, 5) is 12.4. The first-order chi connectivity index (χ1) is 15.5. The van der Waals surface area contributed by atoms with E-state index < -0.39 is 17.6 Å². The molecule has 0 radical (unpaired) electrons. The maximum absolute atomic E-state index is 13.4. The zero-order chi connectivity index (χ0) is 22.9. The maximum Gasteiger partial charge on any atom is 0.343 e. The van der Waals surface area contributed by atoms with Gasteiger partial charge in [-0.05, 0) is 66.8 Å². The summed E-state index contributed by atoms with van der Waals surface area (Å²) >= 11 is 0. The van der Waals surface area contributed by atoms with E-state index in [1.54, 1.807) is 12.1 Å². The van der Waals surface area contributed by atoms with Crippen molar-refractivity contribution in [1.29, 1.82) is 0 Å². The first-order valence-corrected chi connectivity index (χ1v) is 11.9. The van der Waals surface area contributed by atoms with Gasteiger partial charge in [0.15, 0.2) is 11.6 Å². The number of hydrogen-bond acceptors (Lipinski definition) is 2. The highest BCUT2D eigenvalue weighted by molar-refractivity contribution is 5.91. The van der Waals surface area contributed by atoms with E-state index in [1.165, 1.54) is 63.0 Å².